The third-order valence-corrected chi connectivity index (χ3v) is 4.59. The maximum Gasteiger partial charge on any atom is 0.415 e. The summed E-state index contributed by atoms with van der Waals surface area (Å²) in [6.07, 6.45) is -6.17. The van der Waals surface area contributed by atoms with Crippen molar-refractivity contribution in [1.82, 2.24) is 20.1 Å². The van der Waals surface area contributed by atoms with Crippen molar-refractivity contribution in [3.8, 4) is 11.3 Å². The van der Waals surface area contributed by atoms with E-state index in [1.54, 1.807) is 18.2 Å². The maximum absolute atomic E-state index is 12.3. The molecule has 2 aromatic rings. The van der Waals surface area contributed by atoms with Crippen LogP contribution >= 0.6 is 23.2 Å². The van der Waals surface area contributed by atoms with E-state index in [-0.39, 0.29) is 5.82 Å². The lowest BCUT2D eigenvalue weighted by atomic mass is 10.1. The second-order valence-electron chi connectivity index (χ2n) is 5.99. The summed E-state index contributed by atoms with van der Waals surface area (Å²) in [7, 11) is 1.49. The number of anilines is 1. The molecule has 0 saturated carbocycles. The fraction of sp³-hybridized carbons (Fsp3) is 0.438. The number of aryl methyl sites for hydroxylation is 1. The number of hydrogen-bond acceptors (Lipinski definition) is 6. The van der Waals surface area contributed by atoms with Gasteiger partial charge >= 0.3 is 6.18 Å². The van der Waals surface area contributed by atoms with Crippen molar-refractivity contribution < 1.29 is 18.3 Å². The van der Waals surface area contributed by atoms with E-state index >= 15 is 0 Å². The first-order valence-corrected chi connectivity index (χ1v) is 8.72. The third kappa shape index (κ3) is 5.90. The van der Waals surface area contributed by atoms with Crippen LogP contribution in [0.15, 0.2) is 18.2 Å². The number of likely N-dealkylation sites (N-methyl/N-ethyl adjacent to an activating group) is 1. The Morgan fingerprint density at radius 1 is 1.26 bits per heavy atom. The van der Waals surface area contributed by atoms with Crippen LogP contribution in [0.4, 0.5) is 19.0 Å². The zero-order chi connectivity index (χ0) is 20.2. The van der Waals surface area contributed by atoms with Crippen molar-refractivity contribution in [2.45, 2.75) is 25.1 Å². The standard InChI is InChI=1S/C16H18Cl2F3N5O/c1-26(8-11(27)16(19,20)21)7-3-6-12-23-15(22)14(25-24-12)9-4-2-5-10(17)13(9)18/h2,4-5,11,27H,3,6-8H2,1H3,(H2,22,23,24)/t11-/m1/s1. The molecule has 11 heteroatoms. The Balaban J connectivity index is 1.96. The predicted molar refractivity (Wildman–Crippen MR) is 97.6 cm³/mol. The van der Waals surface area contributed by atoms with Crippen LogP contribution in [0, 0.1) is 0 Å². The van der Waals surface area contributed by atoms with Crippen LogP contribution in [-0.2, 0) is 6.42 Å². The number of nitrogens with zero attached hydrogens (tertiary/aromatic N) is 4. The van der Waals surface area contributed by atoms with E-state index in [1.807, 2.05) is 0 Å². The van der Waals surface area contributed by atoms with Gasteiger partial charge in [-0.15, -0.1) is 10.2 Å². The summed E-state index contributed by atoms with van der Waals surface area (Å²) in [5, 5.41) is 17.7. The second kappa shape index (κ2) is 9.01. The largest absolute Gasteiger partial charge is 0.415 e. The number of benzene rings is 1. The van der Waals surface area contributed by atoms with Gasteiger partial charge in [0.1, 0.15) is 5.69 Å². The van der Waals surface area contributed by atoms with Crippen molar-refractivity contribution in [3.63, 3.8) is 0 Å². The third-order valence-electron chi connectivity index (χ3n) is 3.77. The average molecular weight is 424 g/mol. The second-order valence-corrected chi connectivity index (χ2v) is 6.77. The first-order valence-electron chi connectivity index (χ1n) is 7.96. The molecule has 2 rings (SSSR count). The minimum absolute atomic E-state index is 0.130. The average Bonchev–Trinajstić information content (AvgIpc) is 2.57. The van der Waals surface area contributed by atoms with Crippen LogP contribution in [0.3, 0.4) is 0 Å². The lowest BCUT2D eigenvalue weighted by Crippen LogP contribution is -2.39. The highest BCUT2D eigenvalue weighted by Gasteiger charge is 2.38. The van der Waals surface area contributed by atoms with Crippen LogP contribution in [0.25, 0.3) is 11.3 Å². The first kappa shape index (κ1) is 21.6. The molecule has 6 nitrogen and oxygen atoms in total. The molecule has 0 radical (unpaired) electrons. The summed E-state index contributed by atoms with van der Waals surface area (Å²) in [5.74, 6) is 0.490. The minimum Gasteiger partial charge on any atom is -0.382 e. The molecule has 1 heterocycles. The number of aliphatic hydroxyl groups excluding tert-OH is 1. The molecule has 148 valence electrons. The molecule has 0 aliphatic rings. The van der Waals surface area contributed by atoms with E-state index in [0.717, 1.165) is 0 Å². The smallest absolute Gasteiger partial charge is 0.382 e. The molecule has 0 saturated heterocycles. The fourth-order valence-electron chi connectivity index (χ4n) is 2.35. The lowest BCUT2D eigenvalue weighted by Gasteiger charge is -2.21. The van der Waals surface area contributed by atoms with E-state index in [2.05, 4.69) is 15.2 Å². The molecule has 1 atom stereocenters. The predicted octanol–water partition coefficient (Wildman–Crippen LogP) is 3.22. The topological polar surface area (TPSA) is 88.2 Å². The molecule has 0 amide bonds. The highest BCUT2D eigenvalue weighted by Crippen LogP contribution is 2.34. The quantitative estimate of drug-likeness (QED) is 0.710. The molecule has 1 aromatic carbocycles. The van der Waals surface area contributed by atoms with Crippen LogP contribution in [0.1, 0.15) is 12.2 Å². The van der Waals surface area contributed by atoms with Gasteiger partial charge in [-0.2, -0.15) is 13.2 Å². The Bertz CT molecular complexity index is 791. The highest BCUT2D eigenvalue weighted by molar-refractivity contribution is 6.43. The van der Waals surface area contributed by atoms with Crippen LogP contribution in [0.5, 0.6) is 0 Å². The van der Waals surface area contributed by atoms with Gasteiger partial charge in [0.2, 0.25) is 0 Å². The summed E-state index contributed by atoms with van der Waals surface area (Å²) in [4.78, 5) is 5.56. The molecule has 0 bridgehead atoms. The highest BCUT2D eigenvalue weighted by atomic mass is 35.5. The molecule has 1 aromatic heterocycles. The van der Waals surface area contributed by atoms with E-state index in [4.69, 9.17) is 34.0 Å². The number of nitrogen functional groups attached to an aromatic ring is 1. The first-order chi connectivity index (χ1) is 12.6. The van der Waals surface area contributed by atoms with Crippen LogP contribution in [0.2, 0.25) is 10.0 Å². The van der Waals surface area contributed by atoms with Gasteiger partial charge in [0, 0.05) is 18.5 Å². The van der Waals surface area contributed by atoms with Gasteiger partial charge in [0.05, 0.1) is 10.0 Å². The van der Waals surface area contributed by atoms with Gasteiger partial charge in [-0.3, -0.25) is 0 Å². The number of halogens is 5. The zero-order valence-corrected chi connectivity index (χ0v) is 15.9. The zero-order valence-electron chi connectivity index (χ0n) is 14.3. The van der Waals surface area contributed by atoms with Gasteiger partial charge in [-0.05, 0) is 26.1 Å². The normalized spacial score (nSPS) is 13.2. The van der Waals surface area contributed by atoms with Crippen molar-refractivity contribution in [2.75, 3.05) is 25.9 Å². The molecule has 3 N–H and O–H groups in total. The van der Waals surface area contributed by atoms with E-state index in [0.29, 0.717) is 46.5 Å². The van der Waals surface area contributed by atoms with Crippen molar-refractivity contribution in [1.29, 1.82) is 0 Å². The molecule has 0 fully saturated rings. The van der Waals surface area contributed by atoms with Gasteiger partial charge in [0.15, 0.2) is 17.7 Å². The van der Waals surface area contributed by atoms with Crippen molar-refractivity contribution in [2.24, 2.45) is 0 Å². The minimum atomic E-state index is -4.63. The number of aromatic nitrogens is 3. The lowest BCUT2D eigenvalue weighted by molar-refractivity contribution is -0.207. The maximum atomic E-state index is 12.3. The number of nitrogens with two attached hydrogens (primary N) is 1. The number of hydrogen-bond donors (Lipinski definition) is 2. The summed E-state index contributed by atoms with van der Waals surface area (Å²) in [6.45, 7) is -0.185. The molecule has 0 spiro atoms. The monoisotopic (exact) mass is 423 g/mol. The summed E-state index contributed by atoms with van der Waals surface area (Å²) in [5.41, 5.74) is 6.74. The summed E-state index contributed by atoms with van der Waals surface area (Å²) >= 11 is 12.1. The van der Waals surface area contributed by atoms with Gasteiger partial charge in [0.25, 0.3) is 0 Å². The molecular formula is C16H18Cl2F3N5O. The van der Waals surface area contributed by atoms with Crippen molar-refractivity contribution in [3.05, 3.63) is 34.1 Å². The Kier molecular flexibility index (Phi) is 7.21. The number of rotatable bonds is 7. The Morgan fingerprint density at radius 3 is 2.59 bits per heavy atom. The summed E-state index contributed by atoms with van der Waals surface area (Å²) < 4.78 is 37.0. The van der Waals surface area contributed by atoms with E-state index in [1.165, 1.54) is 11.9 Å². The van der Waals surface area contributed by atoms with Crippen LogP contribution in [-0.4, -0.2) is 57.6 Å². The van der Waals surface area contributed by atoms with Gasteiger partial charge in [-0.1, -0.05) is 35.3 Å². The van der Waals surface area contributed by atoms with Crippen LogP contribution < -0.4 is 5.73 Å². The number of alkyl halides is 3. The molecular weight excluding hydrogens is 406 g/mol. The van der Waals surface area contributed by atoms with Crippen molar-refractivity contribution >= 4 is 29.0 Å². The molecule has 27 heavy (non-hydrogen) atoms. The molecule has 0 aliphatic carbocycles. The molecule has 0 unspecified atom stereocenters. The Morgan fingerprint density at radius 2 is 1.96 bits per heavy atom. The van der Waals surface area contributed by atoms with E-state index in [9.17, 15) is 13.2 Å². The fourth-order valence-corrected chi connectivity index (χ4v) is 2.74. The Labute approximate surface area is 164 Å². The van der Waals surface area contributed by atoms with Gasteiger partial charge in [-0.25, -0.2) is 4.98 Å². The number of aliphatic hydroxyl groups is 1. The SMILES string of the molecule is CN(CCCc1nnc(-c2cccc(Cl)c2Cl)c(N)n1)C[C@@H](O)C(F)(F)F. The van der Waals surface area contributed by atoms with E-state index < -0.39 is 18.8 Å². The Hall–Kier alpha value is -1.68. The summed E-state index contributed by atoms with van der Waals surface area (Å²) in [6, 6.07) is 5.02. The molecule has 0 aliphatic heterocycles. The van der Waals surface area contributed by atoms with Gasteiger partial charge < -0.3 is 15.7 Å².